The van der Waals surface area contributed by atoms with Crippen molar-refractivity contribution >= 4 is 11.7 Å². The summed E-state index contributed by atoms with van der Waals surface area (Å²) in [6.45, 7) is 1.83. The normalized spacial score (nSPS) is 21.2. The van der Waals surface area contributed by atoms with Crippen LogP contribution in [-0.4, -0.2) is 5.97 Å². The Kier molecular flexibility index (Phi) is 1.89. The summed E-state index contributed by atoms with van der Waals surface area (Å²) >= 11 is 0. The van der Waals surface area contributed by atoms with Crippen LogP contribution in [0, 0.1) is 5.92 Å². The van der Waals surface area contributed by atoms with E-state index in [0.29, 0.717) is 5.76 Å². The fourth-order valence-electron chi connectivity index (χ4n) is 1.29. The van der Waals surface area contributed by atoms with E-state index < -0.39 is 0 Å². The highest BCUT2D eigenvalue weighted by Crippen LogP contribution is 2.25. The summed E-state index contributed by atoms with van der Waals surface area (Å²) in [5.41, 5.74) is 0.959. The molecule has 0 radical (unpaired) electrons. The average molecular weight is 174 g/mol. The van der Waals surface area contributed by atoms with E-state index in [1.165, 1.54) is 0 Å². The van der Waals surface area contributed by atoms with Crippen LogP contribution in [0.4, 0.5) is 0 Å². The topological polar surface area (TPSA) is 26.3 Å². The Morgan fingerprint density at radius 1 is 1.23 bits per heavy atom. The zero-order valence-corrected chi connectivity index (χ0v) is 7.36. The second-order valence-electron chi connectivity index (χ2n) is 3.11. The lowest BCUT2D eigenvalue weighted by Gasteiger charge is -2.00. The number of esters is 1. The van der Waals surface area contributed by atoms with Crippen molar-refractivity contribution in [1.82, 2.24) is 0 Å². The Hall–Kier alpha value is -1.57. The summed E-state index contributed by atoms with van der Waals surface area (Å²) in [5, 5.41) is 0. The molecule has 1 heterocycles. The lowest BCUT2D eigenvalue weighted by molar-refractivity contribution is -0.137. The Morgan fingerprint density at radius 2 is 1.92 bits per heavy atom. The van der Waals surface area contributed by atoms with E-state index in [1.54, 1.807) is 0 Å². The first-order chi connectivity index (χ1) is 6.27. The van der Waals surface area contributed by atoms with Crippen LogP contribution in [0.3, 0.4) is 0 Å². The van der Waals surface area contributed by atoms with Gasteiger partial charge in [0.25, 0.3) is 0 Å². The van der Waals surface area contributed by atoms with Crippen molar-refractivity contribution in [1.29, 1.82) is 0 Å². The highest BCUT2D eigenvalue weighted by Gasteiger charge is 2.23. The smallest absolute Gasteiger partial charge is 0.318 e. The number of cyclic esters (lactones) is 1. The second-order valence-corrected chi connectivity index (χ2v) is 3.11. The predicted octanol–water partition coefficient (Wildman–Crippen LogP) is 2.22. The minimum atomic E-state index is -0.168. The maximum absolute atomic E-state index is 11.1. The van der Waals surface area contributed by atoms with Gasteiger partial charge in [-0.3, -0.25) is 4.79 Å². The van der Waals surface area contributed by atoms with Gasteiger partial charge in [0.05, 0.1) is 5.92 Å². The molecular formula is C11H10O2. The molecule has 0 bridgehead atoms. The molecule has 1 atom stereocenters. The molecule has 2 rings (SSSR count). The van der Waals surface area contributed by atoms with Crippen LogP contribution < -0.4 is 0 Å². The molecule has 0 aliphatic carbocycles. The van der Waals surface area contributed by atoms with E-state index in [-0.39, 0.29) is 11.9 Å². The number of hydrogen-bond acceptors (Lipinski definition) is 2. The summed E-state index contributed by atoms with van der Waals surface area (Å²) in [4.78, 5) is 11.1. The lowest BCUT2D eigenvalue weighted by Crippen LogP contribution is -2.02. The Balaban J connectivity index is 2.30. The van der Waals surface area contributed by atoms with Gasteiger partial charge in [-0.1, -0.05) is 30.3 Å². The van der Waals surface area contributed by atoms with Crippen LogP contribution in [0.5, 0.6) is 0 Å². The van der Waals surface area contributed by atoms with Crippen LogP contribution in [-0.2, 0) is 9.53 Å². The molecule has 1 aromatic rings. The van der Waals surface area contributed by atoms with Gasteiger partial charge in [0, 0.05) is 5.56 Å². The molecule has 1 aromatic carbocycles. The van der Waals surface area contributed by atoms with Crippen molar-refractivity contribution in [2.24, 2.45) is 5.92 Å². The fraction of sp³-hybridized carbons (Fsp3) is 0.182. The van der Waals surface area contributed by atoms with Gasteiger partial charge >= 0.3 is 5.97 Å². The molecule has 0 amide bonds. The zero-order chi connectivity index (χ0) is 9.26. The van der Waals surface area contributed by atoms with Gasteiger partial charge in [-0.05, 0) is 13.0 Å². The minimum absolute atomic E-state index is 0.116. The Bertz CT molecular complexity index is 352. The molecule has 0 N–H and O–H groups in total. The third-order valence-corrected chi connectivity index (χ3v) is 2.04. The summed E-state index contributed by atoms with van der Waals surface area (Å²) in [5.74, 6) is 0.396. The molecule has 0 spiro atoms. The van der Waals surface area contributed by atoms with Crippen molar-refractivity contribution in [2.45, 2.75) is 6.92 Å². The van der Waals surface area contributed by atoms with Gasteiger partial charge < -0.3 is 4.74 Å². The van der Waals surface area contributed by atoms with E-state index in [4.69, 9.17) is 4.74 Å². The second kappa shape index (κ2) is 3.05. The first-order valence-electron chi connectivity index (χ1n) is 4.26. The van der Waals surface area contributed by atoms with Crippen LogP contribution >= 0.6 is 0 Å². The molecule has 66 valence electrons. The number of ether oxygens (including phenoxy) is 1. The Morgan fingerprint density at radius 3 is 2.46 bits per heavy atom. The molecule has 0 aromatic heterocycles. The van der Waals surface area contributed by atoms with Gasteiger partial charge in [-0.25, -0.2) is 0 Å². The van der Waals surface area contributed by atoms with E-state index in [2.05, 4.69) is 0 Å². The van der Waals surface area contributed by atoms with E-state index in [1.807, 2.05) is 43.3 Å². The molecular weight excluding hydrogens is 164 g/mol. The van der Waals surface area contributed by atoms with Crippen molar-refractivity contribution in [3.8, 4) is 0 Å². The maximum Gasteiger partial charge on any atom is 0.318 e. The highest BCUT2D eigenvalue weighted by molar-refractivity contribution is 5.87. The van der Waals surface area contributed by atoms with E-state index in [0.717, 1.165) is 5.56 Å². The summed E-state index contributed by atoms with van der Waals surface area (Å²) in [7, 11) is 0. The van der Waals surface area contributed by atoms with Crippen LogP contribution in [0.25, 0.3) is 5.76 Å². The number of hydrogen-bond donors (Lipinski definition) is 0. The van der Waals surface area contributed by atoms with E-state index >= 15 is 0 Å². The molecule has 2 nitrogen and oxygen atoms in total. The molecule has 0 fully saturated rings. The number of rotatable bonds is 1. The summed E-state index contributed by atoms with van der Waals surface area (Å²) in [6, 6.07) is 9.64. The molecule has 2 heteroatoms. The number of benzene rings is 1. The maximum atomic E-state index is 11.1. The monoisotopic (exact) mass is 174 g/mol. The fourth-order valence-corrected chi connectivity index (χ4v) is 1.29. The van der Waals surface area contributed by atoms with E-state index in [9.17, 15) is 4.79 Å². The van der Waals surface area contributed by atoms with Gasteiger partial charge in [0.1, 0.15) is 5.76 Å². The molecule has 0 saturated carbocycles. The summed E-state index contributed by atoms with van der Waals surface area (Å²) in [6.07, 6.45) is 1.84. The largest absolute Gasteiger partial charge is 0.426 e. The molecule has 1 aliphatic heterocycles. The van der Waals surface area contributed by atoms with Gasteiger partial charge in [-0.15, -0.1) is 0 Å². The standard InChI is InChI=1S/C11H10O2/c1-8-7-10(13-11(8)12)9-5-3-2-4-6-9/h2-8H,1H3/t8-/m0/s1. The summed E-state index contributed by atoms with van der Waals surface area (Å²) < 4.78 is 5.08. The zero-order valence-electron chi connectivity index (χ0n) is 7.36. The minimum Gasteiger partial charge on any atom is -0.426 e. The van der Waals surface area contributed by atoms with Crippen molar-refractivity contribution < 1.29 is 9.53 Å². The van der Waals surface area contributed by atoms with Crippen LogP contribution in [0.2, 0.25) is 0 Å². The Labute approximate surface area is 76.8 Å². The predicted molar refractivity (Wildman–Crippen MR) is 49.7 cm³/mol. The van der Waals surface area contributed by atoms with Gasteiger partial charge in [0.2, 0.25) is 0 Å². The number of carbonyl (C=O) groups is 1. The van der Waals surface area contributed by atoms with Crippen molar-refractivity contribution in [3.63, 3.8) is 0 Å². The van der Waals surface area contributed by atoms with Crippen LogP contribution in [0.1, 0.15) is 12.5 Å². The molecule has 13 heavy (non-hydrogen) atoms. The SMILES string of the molecule is C[C@H]1C=C(c2ccccc2)OC1=O. The van der Waals surface area contributed by atoms with Gasteiger partial charge in [-0.2, -0.15) is 0 Å². The first kappa shape index (κ1) is 8.05. The quantitative estimate of drug-likeness (QED) is 0.610. The van der Waals surface area contributed by atoms with Gasteiger partial charge in [0.15, 0.2) is 0 Å². The highest BCUT2D eigenvalue weighted by atomic mass is 16.5. The molecule has 0 saturated heterocycles. The average Bonchev–Trinajstić information content (AvgIpc) is 2.49. The lowest BCUT2D eigenvalue weighted by atomic mass is 10.1. The third kappa shape index (κ3) is 1.47. The van der Waals surface area contributed by atoms with Crippen molar-refractivity contribution in [3.05, 3.63) is 42.0 Å². The van der Waals surface area contributed by atoms with Crippen molar-refractivity contribution in [2.75, 3.05) is 0 Å². The molecule has 0 unspecified atom stereocenters. The third-order valence-electron chi connectivity index (χ3n) is 2.04. The molecule has 1 aliphatic rings. The number of carbonyl (C=O) groups excluding carboxylic acids is 1. The first-order valence-corrected chi connectivity index (χ1v) is 4.26. The van der Waals surface area contributed by atoms with Crippen LogP contribution in [0.15, 0.2) is 36.4 Å².